The average Bonchev–Trinajstić information content (AvgIpc) is 3.32. The van der Waals surface area contributed by atoms with Crippen molar-refractivity contribution in [3.63, 3.8) is 0 Å². The van der Waals surface area contributed by atoms with Crippen LogP contribution in [0.5, 0.6) is 11.5 Å². The molecule has 0 aliphatic heterocycles. The lowest BCUT2D eigenvalue weighted by Crippen LogP contribution is -2.34. The minimum Gasteiger partial charge on any atom is -0.493 e. The van der Waals surface area contributed by atoms with Crippen molar-refractivity contribution in [2.24, 2.45) is 5.10 Å². The number of aryl methyl sites for hydroxylation is 2. The third-order valence-electron chi connectivity index (χ3n) is 6.56. The summed E-state index contributed by atoms with van der Waals surface area (Å²) in [5.74, 6) is 0.688. The van der Waals surface area contributed by atoms with Crippen LogP contribution in [0.2, 0.25) is 0 Å². The molecule has 196 valence electrons. The van der Waals surface area contributed by atoms with Crippen LogP contribution >= 0.6 is 27.3 Å². The molecule has 5 rings (SSSR count). The number of amides is 1. The normalized spacial score (nSPS) is 13.9. The summed E-state index contributed by atoms with van der Waals surface area (Å²) in [5, 5.41) is 4.76. The third kappa shape index (κ3) is 5.37. The number of fused-ring (bicyclic) bond motifs is 3. The van der Waals surface area contributed by atoms with Gasteiger partial charge >= 0.3 is 0 Å². The first kappa shape index (κ1) is 26.1. The monoisotopic (exact) mass is 594 g/mol. The van der Waals surface area contributed by atoms with E-state index >= 15 is 0 Å². The van der Waals surface area contributed by atoms with Gasteiger partial charge < -0.3 is 9.47 Å². The van der Waals surface area contributed by atoms with Crippen molar-refractivity contribution in [3.8, 4) is 11.5 Å². The van der Waals surface area contributed by atoms with Gasteiger partial charge in [0.1, 0.15) is 17.5 Å². The Bertz CT molecular complexity index is 1560. The van der Waals surface area contributed by atoms with Crippen LogP contribution in [-0.2, 0) is 24.2 Å². The van der Waals surface area contributed by atoms with Crippen LogP contribution in [0.1, 0.15) is 47.4 Å². The lowest BCUT2D eigenvalue weighted by Gasteiger charge is -2.14. The predicted molar refractivity (Wildman–Crippen MR) is 152 cm³/mol. The number of hydrogen-bond donors (Lipinski definition) is 1. The van der Waals surface area contributed by atoms with E-state index < -0.39 is 11.9 Å². The average molecular weight is 596 g/mol. The minimum atomic E-state index is -0.772. The second kappa shape index (κ2) is 11.5. The van der Waals surface area contributed by atoms with E-state index in [-0.39, 0.29) is 5.56 Å². The van der Waals surface area contributed by atoms with E-state index in [4.69, 9.17) is 9.47 Å². The Morgan fingerprint density at radius 3 is 2.84 bits per heavy atom. The molecule has 2 heterocycles. The number of methoxy groups -OCH3 is 1. The van der Waals surface area contributed by atoms with Gasteiger partial charge in [-0.2, -0.15) is 5.10 Å². The first-order chi connectivity index (χ1) is 18.5. The van der Waals surface area contributed by atoms with Crippen LogP contribution in [0.15, 0.2) is 63.2 Å². The van der Waals surface area contributed by atoms with Crippen molar-refractivity contribution in [1.82, 2.24) is 15.0 Å². The Labute approximate surface area is 232 Å². The predicted octanol–water partition coefficient (Wildman–Crippen LogP) is 5.40. The zero-order chi connectivity index (χ0) is 26.6. The number of nitrogens with one attached hydrogen (secondary N) is 1. The molecule has 2 aromatic heterocycles. The van der Waals surface area contributed by atoms with Gasteiger partial charge in [0.2, 0.25) is 0 Å². The summed E-state index contributed by atoms with van der Waals surface area (Å²) >= 11 is 5.13. The molecular weight excluding hydrogens is 568 g/mol. The number of carbonyl (C=O) groups is 1. The molecule has 1 aliphatic carbocycles. The van der Waals surface area contributed by atoms with Crippen molar-refractivity contribution in [1.29, 1.82) is 0 Å². The maximum atomic E-state index is 13.3. The maximum Gasteiger partial charge on any atom is 0.263 e. The number of carbonyl (C=O) groups excluding carboxylic acids is 1. The molecule has 38 heavy (non-hydrogen) atoms. The van der Waals surface area contributed by atoms with E-state index in [2.05, 4.69) is 31.4 Å². The van der Waals surface area contributed by atoms with E-state index in [9.17, 15) is 9.59 Å². The molecule has 8 nitrogen and oxygen atoms in total. The molecule has 2 aromatic carbocycles. The molecule has 0 bridgehead atoms. The number of halogens is 1. The molecule has 1 atom stereocenters. The highest BCUT2D eigenvalue weighted by molar-refractivity contribution is 9.10. The molecule has 1 unspecified atom stereocenters. The zero-order valence-electron chi connectivity index (χ0n) is 21.1. The first-order valence-corrected chi connectivity index (χ1v) is 14.0. The van der Waals surface area contributed by atoms with Crippen LogP contribution < -0.4 is 20.5 Å². The van der Waals surface area contributed by atoms with Crippen molar-refractivity contribution in [2.45, 2.75) is 45.3 Å². The van der Waals surface area contributed by atoms with Gasteiger partial charge in [-0.1, -0.05) is 30.3 Å². The van der Waals surface area contributed by atoms with E-state index in [1.54, 1.807) is 31.4 Å². The lowest BCUT2D eigenvalue weighted by atomic mass is 9.97. The number of hydrazone groups is 1. The van der Waals surface area contributed by atoms with Gasteiger partial charge in [-0.3, -0.25) is 14.2 Å². The van der Waals surface area contributed by atoms with Gasteiger partial charge in [-0.05, 0) is 77.4 Å². The Hall–Kier alpha value is -3.50. The van der Waals surface area contributed by atoms with Crippen LogP contribution in [0, 0.1) is 0 Å². The number of aromatic nitrogens is 2. The summed E-state index contributed by atoms with van der Waals surface area (Å²) in [4.78, 5) is 32.6. The van der Waals surface area contributed by atoms with Gasteiger partial charge in [-0.15, -0.1) is 11.3 Å². The topological polar surface area (TPSA) is 94.8 Å². The number of hydrogen-bond acceptors (Lipinski definition) is 7. The second-order valence-corrected chi connectivity index (χ2v) is 11.0. The van der Waals surface area contributed by atoms with Gasteiger partial charge in [0.15, 0.2) is 11.5 Å². The second-order valence-electron chi connectivity index (χ2n) is 9.07. The SMILES string of the molecule is COc1cc(/C=N/NC(=O)C(C)n2cnc3sc4c(c3c2=O)CCCC4)cc(Br)c1OCc1ccccc1. The molecule has 1 amide bonds. The van der Waals surface area contributed by atoms with E-state index in [0.29, 0.717) is 33.5 Å². The van der Waals surface area contributed by atoms with E-state index in [1.807, 2.05) is 36.4 Å². The molecule has 1 aliphatic rings. The zero-order valence-corrected chi connectivity index (χ0v) is 23.5. The minimum absolute atomic E-state index is 0.180. The van der Waals surface area contributed by atoms with Gasteiger partial charge in [-0.25, -0.2) is 10.4 Å². The third-order valence-corrected chi connectivity index (χ3v) is 8.35. The largest absolute Gasteiger partial charge is 0.493 e. The summed E-state index contributed by atoms with van der Waals surface area (Å²) < 4.78 is 13.6. The number of ether oxygens (including phenoxy) is 2. The van der Waals surface area contributed by atoms with Gasteiger partial charge in [0, 0.05) is 4.88 Å². The fourth-order valence-corrected chi connectivity index (χ4v) is 6.30. The highest BCUT2D eigenvalue weighted by Gasteiger charge is 2.23. The molecule has 1 N–H and O–H groups in total. The Morgan fingerprint density at radius 2 is 2.05 bits per heavy atom. The number of benzene rings is 2. The quantitative estimate of drug-likeness (QED) is 0.218. The van der Waals surface area contributed by atoms with Crippen LogP contribution in [0.3, 0.4) is 0 Å². The summed E-state index contributed by atoms with van der Waals surface area (Å²) in [6, 6.07) is 12.7. The summed E-state index contributed by atoms with van der Waals surface area (Å²) in [7, 11) is 1.56. The van der Waals surface area contributed by atoms with Crippen molar-refractivity contribution in [2.75, 3.05) is 7.11 Å². The summed E-state index contributed by atoms with van der Waals surface area (Å²) in [5.41, 5.74) is 5.19. The molecule has 10 heteroatoms. The molecule has 0 saturated heterocycles. The maximum absolute atomic E-state index is 13.3. The van der Waals surface area contributed by atoms with Crippen LogP contribution in [-0.4, -0.2) is 28.8 Å². The molecule has 0 radical (unpaired) electrons. The Balaban J connectivity index is 1.28. The van der Waals surface area contributed by atoms with Gasteiger partial charge in [0.25, 0.3) is 11.5 Å². The molecular formula is C28H27BrN4O4S. The van der Waals surface area contributed by atoms with Crippen molar-refractivity contribution < 1.29 is 14.3 Å². The van der Waals surface area contributed by atoms with Crippen LogP contribution in [0.4, 0.5) is 0 Å². The fourth-order valence-electron chi connectivity index (χ4n) is 4.51. The van der Waals surface area contributed by atoms with E-state index in [0.717, 1.165) is 41.6 Å². The van der Waals surface area contributed by atoms with Crippen LogP contribution in [0.25, 0.3) is 10.2 Å². The highest BCUT2D eigenvalue weighted by atomic mass is 79.9. The lowest BCUT2D eigenvalue weighted by molar-refractivity contribution is -0.123. The number of thiophene rings is 1. The molecule has 0 spiro atoms. The Kier molecular flexibility index (Phi) is 7.90. The molecule has 0 saturated carbocycles. The highest BCUT2D eigenvalue weighted by Crippen LogP contribution is 2.37. The summed E-state index contributed by atoms with van der Waals surface area (Å²) in [6.45, 7) is 2.06. The van der Waals surface area contributed by atoms with Crippen molar-refractivity contribution in [3.05, 3.63) is 85.2 Å². The smallest absolute Gasteiger partial charge is 0.263 e. The number of nitrogens with zero attached hydrogens (tertiary/aromatic N) is 3. The first-order valence-electron chi connectivity index (χ1n) is 12.3. The molecule has 4 aromatic rings. The fraction of sp³-hybridized carbons (Fsp3) is 0.286. The van der Waals surface area contributed by atoms with E-state index in [1.165, 1.54) is 22.0 Å². The Morgan fingerprint density at radius 1 is 1.26 bits per heavy atom. The standard InChI is InChI=1S/C28H27BrN4O4S/c1-17(33-16-30-27-24(28(33)35)20-10-6-7-11-23(20)38-27)26(34)32-31-14-19-12-21(29)25(22(13-19)36-2)37-15-18-8-4-3-5-9-18/h3-5,8-9,12-14,16-17H,6-7,10-11,15H2,1-2H3,(H,32,34)/b31-14+. The molecule has 0 fully saturated rings. The summed E-state index contributed by atoms with van der Waals surface area (Å²) in [6.07, 6.45) is 7.04. The van der Waals surface area contributed by atoms with Crippen molar-refractivity contribution >= 4 is 49.6 Å². The van der Waals surface area contributed by atoms with Gasteiger partial charge in [0.05, 0.1) is 29.5 Å². The number of rotatable bonds is 8.